The molecule has 3 nitrogen and oxygen atoms in total. The van der Waals surface area contributed by atoms with Crippen molar-refractivity contribution in [3.63, 3.8) is 0 Å². The Hall–Kier alpha value is -1.06. The van der Waals surface area contributed by atoms with Crippen molar-refractivity contribution in [1.82, 2.24) is 5.32 Å². The van der Waals surface area contributed by atoms with Crippen LogP contribution in [-0.2, 0) is 0 Å². The zero-order valence-corrected chi connectivity index (χ0v) is 12.1. The van der Waals surface area contributed by atoms with Crippen LogP contribution in [0.4, 0.5) is 0 Å². The summed E-state index contributed by atoms with van der Waals surface area (Å²) in [5.41, 5.74) is 1.47. The van der Waals surface area contributed by atoms with Crippen molar-refractivity contribution in [3.8, 4) is 5.75 Å². The van der Waals surface area contributed by atoms with E-state index in [1.807, 2.05) is 13.0 Å². The normalized spacial score (nSPS) is 13.4. The summed E-state index contributed by atoms with van der Waals surface area (Å²) in [7, 11) is 0. The average molecular weight is 251 g/mol. The first kappa shape index (κ1) is 15.0. The monoisotopic (exact) mass is 251 g/mol. The molecule has 18 heavy (non-hydrogen) atoms. The second-order valence-electron chi connectivity index (χ2n) is 5.42. The molecule has 0 fully saturated rings. The van der Waals surface area contributed by atoms with Crippen molar-refractivity contribution in [2.75, 3.05) is 13.2 Å². The van der Waals surface area contributed by atoms with E-state index in [1.165, 1.54) is 0 Å². The smallest absolute Gasteiger partial charge is 0.124 e. The molecule has 0 amide bonds. The molecule has 1 aromatic carbocycles. The van der Waals surface area contributed by atoms with E-state index < -0.39 is 5.60 Å². The number of hydrogen-bond donors (Lipinski definition) is 2. The van der Waals surface area contributed by atoms with E-state index in [-0.39, 0.29) is 6.04 Å². The zero-order valence-electron chi connectivity index (χ0n) is 12.1. The number of aliphatic hydroxyl groups is 1. The first-order chi connectivity index (χ1) is 8.33. The van der Waals surface area contributed by atoms with Crippen LogP contribution in [0.15, 0.2) is 18.2 Å². The molecule has 3 heteroatoms. The standard InChI is InChI=1S/C15H25NO2/c1-6-16-12(3)13-8-7-11(2)9-14(13)18-10-15(4,5)17/h7-9,12,16-17H,6,10H2,1-5H3. The minimum absolute atomic E-state index is 0.243. The molecule has 0 aliphatic heterocycles. The fourth-order valence-corrected chi connectivity index (χ4v) is 1.79. The van der Waals surface area contributed by atoms with Gasteiger partial charge in [0.2, 0.25) is 0 Å². The molecule has 0 saturated heterocycles. The van der Waals surface area contributed by atoms with Crippen LogP contribution in [0, 0.1) is 6.92 Å². The summed E-state index contributed by atoms with van der Waals surface area (Å²) in [5, 5.41) is 13.1. The summed E-state index contributed by atoms with van der Waals surface area (Å²) in [4.78, 5) is 0. The van der Waals surface area contributed by atoms with Gasteiger partial charge in [0.05, 0.1) is 5.60 Å². The van der Waals surface area contributed by atoms with Crippen LogP contribution < -0.4 is 10.1 Å². The Bertz CT molecular complexity index is 383. The lowest BCUT2D eigenvalue weighted by Gasteiger charge is -2.22. The van der Waals surface area contributed by atoms with Crippen LogP contribution in [-0.4, -0.2) is 23.9 Å². The van der Waals surface area contributed by atoms with Gasteiger partial charge in [-0.25, -0.2) is 0 Å². The Labute approximate surface area is 110 Å². The van der Waals surface area contributed by atoms with Gasteiger partial charge in [0.1, 0.15) is 12.4 Å². The number of nitrogens with one attached hydrogen (secondary N) is 1. The minimum atomic E-state index is -0.817. The molecule has 1 unspecified atom stereocenters. The van der Waals surface area contributed by atoms with E-state index in [0.717, 1.165) is 23.4 Å². The van der Waals surface area contributed by atoms with Crippen molar-refractivity contribution in [3.05, 3.63) is 29.3 Å². The Balaban J connectivity index is 2.89. The highest BCUT2D eigenvalue weighted by Crippen LogP contribution is 2.27. The Morgan fingerprint density at radius 3 is 2.61 bits per heavy atom. The molecule has 0 aliphatic rings. The van der Waals surface area contributed by atoms with Crippen LogP contribution in [0.2, 0.25) is 0 Å². The molecule has 1 atom stereocenters. The molecule has 0 heterocycles. The van der Waals surface area contributed by atoms with Crippen molar-refractivity contribution < 1.29 is 9.84 Å². The van der Waals surface area contributed by atoms with Gasteiger partial charge >= 0.3 is 0 Å². The molecule has 0 bridgehead atoms. The summed E-state index contributed by atoms with van der Waals surface area (Å²) >= 11 is 0. The third-order valence-electron chi connectivity index (χ3n) is 2.73. The second kappa shape index (κ2) is 6.21. The highest BCUT2D eigenvalue weighted by molar-refractivity contribution is 5.39. The van der Waals surface area contributed by atoms with Crippen LogP contribution >= 0.6 is 0 Å². The minimum Gasteiger partial charge on any atom is -0.490 e. The van der Waals surface area contributed by atoms with Crippen LogP contribution in [0.5, 0.6) is 5.75 Å². The Kier molecular flexibility index (Phi) is 5.17. The Morgan fingerprint density at radius 2 is 2.06 bits per heavy atom. The second-order valence-corrected chi connectivity index (χ2v) is 5.42. The van der Waals surface area contributed by atoms with Gasteiger partial charge in [-0.3, -0.25) is 0 Å². The number of aryl methyl sites for hydroxylation is 1. The molecule has 0 saturated carbocycles. The maximum Gasteiger partial charge on any atom is 0.124 e. The number of benzene rings is 1. The van der Waals surface area contributed by atoms with Gasteiger partial charge in [-0.15, -0.1) is 0 Å². The average Bonchev–Trinajstić information content (AvgIpc) is 2.25. The van der Waals surface area contributed by atoms with Crippen molar-refractivity contribution in [2.24, 2.45) is 0 Å². The van der Waals surface area contributed by atoms with Gasteiger partial charge in [0.15, 0.2) is 0 Å². The molecule has 0 radical (unpaired) electrons. The number of rotatable bonds is 6. The van der Waals surface area contributed by atoms with Crippen LogP contribution in [0.1, 0.15) is 44.9 Å². The van der Waals surface area contributed by atoms with Crippen LogP contribution in [0.25, 0.3) is 0 Å². The van der Waals surface area contributed by atoms with Gasteiger partial charge in [-0.05, 0) is 45.9 Å². The first-order valence-electron chi connectivity index (χ1n) is 6.52. The molecule has 0 aromatic heterocycles. The van der Waals surface area contributed by atoms with Gasteiger partial charge < -0.3 is 15.2 Å². The molecule has 0 aliphatic carbocycles. The summed E-state index contributed by atoms with van der Waals surface area (Å²) in [6, 6.07) is 6.43. The Morgan fingerprint density at radius 1 is 1.39 bits per heavy atom. The van der Waals surface area contributed by atoms with Crippen molar-refractivity contribution in [2.45, 2.75) is 46.3 Å². The maximum atomic E-state index is 9.74. The molecule has 2 N–H and O–H groups in total. The SMILES string of the molecule is CCNC(C)c1ccc(C)cc1OCC(C)(C)O. The van der Waals surface area contributed by atoms with Crippen LogP contribution in [0.3, 0.4) is 0 Å². The first-order valence-corrected chi connectivity index (χ1v) is 6.52. The van der Waals surface area contributed by atoms with E-state index >= 15 is 0 Å². The highest BCUT2D eigenvalue weighted by Gasteiger charge is 2.16. The molecular weight excluding hydrogens is 226 g/mol. The number of hydrogen-bond acceptors (Lipinski definition) is 3. The van der Waals surface area contributed by atoms with E-state index in [1.54, 1.807) is 13.8 Å². The lowest BCUT2D eigenvalue weighted by atomic mass is 10.0. The molecular formula is C15H25NO2. The van der Waals surface area contributed by atoms with E-state index in [2.05, 4.69) is 31.3 Å². The molecule has 102 valence electrons. The summed E-state index contributed by atoms with van der Waals surface area (Å²) in [6.07, 6.45) is 0. The molecule has 1 rings (SSSR count). The lowest BCUT2D eigenvalue weighted by Crippen LogP contribution is -2.28. The third kappa shape index (κ3) is 4.67. The van der Waals surface area contributed by atoms with E-state index in [0.29, 0.717) is 6.61 Å². The largest absolute Gasteiger partial charge is 0.490 e. The van der Waals surface area contributed by atoms with Gasteiger partial charge in [-0.1, -0.05) is 19.1 Å². The summed E-state index contributed by atoms with van der Waals surface area (Å²) in [5.74, 6) is 0.852. The van der Waals surface area contributed by atoms with E-state index in [9.17, 15) is 5.11 Å². The predicted octanol–water partition coefficient (Wildman–Crippen LogP) is 2.82. The van der Waals surface area contributed by atoms with Crippen molar-refractivity contribution >= 4 is 0 Å². The predicted molar refractivity (Wildman–Crippen MR) is 75.1 cm³/mol. The van der Waals surface area contributed by atoms with Crippen molar-refractivity contribution in [1.29, 1.82) is 0 Å². The van der Waals surface area contributed by atoms with Gasteiger partial charge in [0.25, 0.3) is 0 Å². The summed E-state index contributed by atoms with van der Waals surface area (Å²) in [6.45, 7) is 10.9. The molecule has 1 aromatic rings. The molecule has 0 spiro atoms. The zero-order chi connectivity index (χ0) is 13.8. The van der Waals surface area contributed by atoms with Gasteiger partial charge in [0, 0.05) is 11.6 Å². The fourth-order valence-electron chi connectivity index (χ4n) is 1.79. The summed E-state index contributed by atoms with van der Waals surface area (Å²) < 4.78 is 5.76. The quantitative estimate of drug-likeness (QED) is 0.817. The van der Waals surface area contributed by atoms with Gasteiger partial charge in [-0.2, -0.15) is 0 Å². The fraction of sp³-hybridized carbons (Fsp3) is 0.600. The third-order valence-corrected chi connectivity index (χ3v) is 2.73. The maximum absolute atomic E-state index is 9.74. The van der Waals surface area contributed by atoms with E-state index in [4.69, 9.17) is 4.74 Å². The lowest BCUT2D eigenvalue weighted by molar-refractivity contribution is 0.0280. The number of ether oxygens (including phenoxy) is 1. The highest BCUT2D eigenvalue weighted by atomic mass is 16.5. The topological polar surface area (TPSA) is 41.5 Å².